The number of nitrogens with zero attached hydrogens (tertiary/aromatic N) is 2. The van der Waals surface area contributed by atoms with Crippen LogP contribution in [0.5, 0.6) is 0 Å². The highest BCUT2D eigenvalue weighted by Gasteiger charge is 2.29. The van der Waals surface area contributed by atoms with E-state index in [1.54, 1.807) is 0 Å². The minimum Gasteiger partial charge on any atom is -0.376 e. The Hall–Kier alpha value is 0.310. The number of piperazine rings is 1. The van der Waals surface area contributed by atoms with Crippen LogP contribution in [-0.4, -0.2) is 60.4 Å². The number of hydrogen-bond donors (Lipinski definition) is 2. The predicted molar refractivity (Wildman–Crippen MR) is 82.6 cm³/mol. The highest BCUT2D eigenvalue weighted by atomic mass is 127. The van der Waals surface area contributed by atoms with Gasteiger partial charge in [-0.15, -0.1) is 0 Å². The standard InChI is InChI=1S/C13H24IN3O/c1-16-7-9-17(10-8-16)13(18)12(15-14)11-5-3-2-4-6-11/h5,12-13,15,18H,2-4,6-10H2,1H3/t12-,13?/m0/s1. The molecule has 1 fully saturated rings. The van der Waals surface area contributed by atoms with Crippen LogP contribution in [0, 0.1) is 0 Å². The molecule has 0 radical (unpaired) electrons. The van der Waals surface area contributed by atoms with Gasteiger partial charge in [0.1, 0.15) is 6.23 Å². The fourth-order valence-electron chi connectivity index (χ4n) is 2.76. The second kappa shape index (κ2) is 7.19. The number of likely N-dealkylation sites (N-methyl/N-ethyl adjacent to an activating group) is 1. The summed E-state index contributed by atoms with van der Waals surface area (Å²) < 4.78 is 3.28. The van der Waals surface area contributed by atoms with Gasteiger partial charge in [-0.05, 0) is 32.7 Å². The van der Waals surface area contributed by atoms with Crippen LogP contribution in [-0.2, 0) is 0 Å². The third kappa shape index (κ3) is 3.66. The van der Waals surface area contributed by atoms with Gasteiger partial charge in [0.05, 0.1) is 6.04 Å². The van der Waals surface area contributed by atoms with E-state index in [0.29, 0.717) is 0 Å². The molecule has 18 heavy (non-hydrogen) atoms. The molecule has 5 heteroatoms. The first-order valence-corrected chi connectivity index (χ1v) is 7.96. The third-order valence-corrected chi connectivity index (χ3v) is 4.72. The van der Waals surface area contributed by atoms with E-state index in [9.17, 15) is 5.11 Å². The zero-order valence-electron chi connectivity index (χ0n) is 11.1. The molecular weight excluding hydrogens is 341 g/mol. The summed E-state index contributed by atoms with van der Waals surface area (Å²) in [5.74, 6) is 0. The number of halogens is 1. The summed E-state index contributed by atoms with van der Waals surface area (Å²) in [6.45, 7) is 4.01. The van der Waals surface area contributed by atoms with Gasteiger partial charge in [-0.3, -0.25) is 4.90 Å². The zero-order chi connectivity index (χ0) is 13.0. The van der Waals surface area contributed by atoms with Crippen molar-refractivity contribution in [1.82, 2.24) is 13.3 Å². The molecule has 1 heterocycles. The largest absolute Gasteiger partial charge is 0.376 e. The van der Waals surface area contributed by atoms with Gasteiger partial charge in [0.25, 0.3) is 0 Å². The van der Waals surface area contributed by atoms with Crippen LogP contribution in [0.4, 0.5) is 0 Å². The van der Waals surface area contributed by atoms with E-state index in [1.165, 1.54) is 24.8 Å². The van der Waals surface area contributed by atoms with E-state index >= 15 is 0 Å². The average molecular weight is 365 g/mol. The Bertz CT molecular complexity index is 290. The van der Waals surface area contributed by atoms with Crippen molar-refractivity contribution in [2.45, 2.75) is 38.0 Å². The minimum atomic E-state index is -0.389. The topological polar surface area (TPSA) is 38.7 Å². The summed E-state index contributed by atoms with van der Waals surface area (Å²) in [5.41, 5.74) is 1.39. The quantitative estimate of drug-likeness (QED) is 0.448. The normalized spacial score (nSPS) is 26.7. The average Bonchev–Trinajstić information content (AvgIpc) is 2.41. The molecule has 0 spiro atoms. The summed E-state index contributed by atoms with van der Waals surface area (Å²) in [6.07, 6.45) is 6.78. The van der Waals surface area contributed by atoms with Crippen LogP contribution in [0.2, 0.25) is 0 Å². The van der Waals surface area contributed by atoms with Crippen LogP contribution in [0.15, 0.2) is 11.6 Å². The van der Waals surface area contributed by atoms with Crippen LogP contribution < -0.4 is 3.53 Å². The Morgan fingerprint density at radius 2 is 2.00 bits per heavy atom. The molecule has 1 unspecified atom stereocenters. The predicted octanol–water partition coefficient (Wildman–Crippen LogP) is 1.36. The van der Waals surface area contributed by atoms with Gasteiger partial charge >= 0.3 is 0 Å². The second-order valence-electron chi connectivity index (χ2n) is 5.36. The summed E-state index contributed by atoms with van der Waals surface area (Å²) in [6, 6.07) is 0.0920. The second-order valence-corrected chi connectivity index (χ2v) is 5.99. The number of nitrogens with one attached hydrogen (secondary N) is 1. The number of allylic oxidation sites excluding steroid dienone is 1. The molecule has 2 atom stereocenters. The molecule has 4 nitrogen and oxygen atoms in total. The Balaban J connectivity index is 1.96. The Morgan fingerprint density at radius 1 is 1.28 bits per heavy atom. The van der Waals surface area contributed by atoms with E-state index in [0.717, 1.165) is 32.6 Å². The van der Waals surface area contributed by atoms with Crippen molar-refractivity contribution in [3.8, 4) is 0 Å². The molecule has 0 saturated carbocycles. The number of hydrogen-bond acceptors (Lipinski definition) is 4. The lowest BCUT2D eigenvalue weighted by molar-refractivity contribution is -0.0323. The molecule has 1 aliphatic heterocycles. The molecule has 0 bridgehead atoms. The van der Waals surface area contributed by atoms with Crippen molar-refractivity contribution >= 4 is 22.9 Å². The molecule has 1 aliphatic carbocycles. The van der Waals surface area contributed by atoms with Gasteiger partial charge in [0.2, 0.25) is 0 Å². The van der Waals surface area contributed by atoms with Crippen LogP contribution in [0.25, 0.3) is 0 Å². The van der Waals surface area contributed by atoms with Gasteiger partial charge < -0.3 is 10.0 Å². The maximum absolute atomic E-state index is 10.6. The number of aliphatic hydroxyl groups is 1. The molecule has 2 rings (SSSR count). The monoisotopic (exact) mass is 365 g/mol. The van der Waals surface area contributed by atoms with Crippen LogP contribution >= 0.6 is 22.9 Å². The van der Waals surface area contributed by atoms with Crippen LogP contribution in [0.1, 0.15) is 25.7 Å². The van der Waals surface area contributed by atoms with Gasteiger partial charge in [-0.25, -0.2) is 3.53 Å². The van der Waals surface area contributed by atoms with E-state index in [4.69, 9.17) is 0 Å². The van der Waals surface area contributed by atoms with Gasteiger partial charge in [-0.2, -0.15) is 0 Å². The van der Waals surface area contributed by atoms with Crippen molar-refractivity contribution in [3.05, 3.63) is 11.6 Å². The van der Waals surface area contributed by atoms with Crippen molar-refractivity contribution in [3.63, 3.8) is 0 Å². The summed E-state index contributed by atoms with van der Waals surface area (Å²) in [4.78, 5) is 4.52. The maximum atomic E-state index is 10.6. The van der Waals surface area contributed by atoms with Crippen molar-refractivity contribution in [2.24, 2.45) is 0 Å². The fourth-order valence-corrected chi connectivity index (χ4v) is 3.48. The highest BCUT2D eigenvalue weighted by molar-refractivity contribution is 14.1. The molecule has 2 aliphatic rings. The first kappa shape index (κ1) is 14.7. The summed E-state index contributed by atoms with van der Waals surface area (Å²) in [5, 5.41) is 10.6. The van der Waals surface area contributed by atoms with Gasteiger partial charge in [0, 0.05) is 49.0 Å². The van der Waals surface area contributed by atoms with E-state index in [2.05, 4.69) is 49.3 Å². The van der Waals surface area contributed by atoms with Crippen molar-refractivity contribution < 1.29 is 5.11 Å². The molecule has 1 saturated heterocycles. The SMILES string of the molecule is CN1CCN(C(O)[C@@H](NI)C2=CCCCC2)CC1. The minimum absolute atomic E-state index is 0.0920. The first-order chi connectivity index (χ1) is 8.72. The highest BCUT2D eigenvalue weighted by Crippen LogP contribution is 2.24. The lowest BCUT2D eigenvalue weighted by Crippen LogP contribution is -2.55. The van der Waals surface area contributed by atoms with Gasteiger partial charge in [-0.1, -0.05) is 11.6 Å². The summed E-state index contributed by atoms with van der Waals surface area (Å²) in [7, 11) is 2.14. The lowest BCUT2D eigenvalue weighted by atomic mass is 9.93. The number of rotatable bonds is 4. The van der Waals surface area contributed by atoms with E-state index < -0.39 is 0 Å². The molecule has 2 N–H and O–H groups in total. The lowest BCUT2D eigenvalue weighted by Gasteiger charge is -2.39. The summed E-state index contributed by atoms with van der Waals surface area (Å²) >= 11 is 2.18. The molecule has 0 aromatic heterocycles. The van der Waals surface area contributed by atoms with Gasteiger partial charge in [0.15, 0.2) is 0 Å². The van der Waals surface area contributed by atoms with Crippen LogP contribution in [0.3, 0.4) is 0 Å². The zero-order valence-corrected chi connectivity index (χ0v) is 13.3. The third-order valence-electron chi connectivity index (χ3n) is 4.05. The Labute approximate surface area is 124 Å². The van der Waals surface area contributed by atoms with Crippen molar-refractivity contribution in [2.75, 3.05) is 33.2 Å². The van der Waals surface area contributed by atoms with E-state index in [1.807, 2.05) is 0 Å². The smallest absolute Gasteiger partial charge is 0.127 e. The molecule has 0 aromatic carbocycles. The fraction of sp³-hybridized carbons (Fsp3) is 0.846. The van der Waals surface area contributed by atoms with Crippen molar-refractivity contribution in [1.29, 1.82) is 0 Å². The Kier molecular flexibility index (Phi) is 5.88. The first-order valence-electron chi connectivity index (χ1n) is 6.88. The molecule has 0 aromatic rings. The molecule has 104 valence electrons. The molecule has 0 amide bonds. The number of aliphatic hydroxyl groups excluding tert-OH is 1. The molecular formula is C13H24IN3O. The maximum Gasteiger partial charge on any atom is 0.127 e. The Morgan fingerprint density at radius 3 is 2.56 bits per heavy atom. The van der Waals surface area contributed by atoms with E-state index in [-0.39, 0.29) is 12.3 Å².